The Labute approximate surface area is 116 Å². The molecule has 0 unspecified atom stereocenters. The van der Waals surface area contributed by atoms with Gasteiger partial charge in [-0.15, -0.1) is 0 Å². The lowest BCUT2D eigenvalue weighted by Gasteiger charge is -2.29. The van der Waals surface area contributed by atoms with E-state index < -0.39 is 0 Å². The Morgan fingerprint density at radius 3 is 2.74 bits per heavy atom. The fraction of sp³-hybridized carbons (Fsp3) is 0.688. The predicted octanol–water partition coefficient (Wildman–Crippen LogP) is 2.96. The second kappa shape index (κ2) is 5.49. The van der Waals surface area contributed by atoms with Crippen LogP contribution in [0.15, 0.2) is 18.3 Å². The van der Waals surface area contributed by atoms with E-state index in [9.17, 15) is 0 Å². The van der Waals surface area contributed by atoms with Crippen molar-refractivity contribution in [3.63, 3.8) is 0 Å². The van der Waals surface area contributed by atoms with Crippen LogP contribution in [0, 0.1) is 5.92 Å². The summed E-state index contributed by atoms with van der Waals surface area (Å²) < 4.78 is 0. The third kappa shape index (κ3) is 3.69. The molecule has 0 bridgehead atoms. The van der Waals surface area contributed by atoms with Gasteiger partial charge in [0.25, 0.3) is 0 Å². The van der Waals surface area contributed by atoms with E-state index in [2.05, 4.69) is 41.2 Å². The number of rotatable bonds is 7. The second-order valence-corrected chi connectivity index (χ2v) is 6.35. The summed E-state index contributed by atoms with van der Waals surface area (Å²) in [7, 11) is 0. The molecule has 1 aromatic rings. The number of nitrogens with one attached hydrogen (secondary N) is 1. The number of aromatic nitrogens is 1. The molecule has 3 heteroatoms. The Morgan fingerprint density at radius 2 is 2.11 bits per heavy atom. The smallest absolute Gasteiger partial charge is 0.0562 e. The van der Waals surface area contributed by atoms with Gasteiger partial charge in [-0.25, -0.2) is 0 Å². The van der Waals surface area contributed by atoms with Crippen LogP contribution >= 0.6 is 0 Å². The Morgan fingerprint density at radius 1 is 1.32 bits per heavy atom. The fourth-order valence-corrected chi connectivity index (χ4v) is 2.47. The number of hydrogen-bond acceptors (Lipinski definition) is 3. The molecule has 0 radical (unpaired) electrons. The zero-order chi connectivity index (χ0) is 13.2. The standard InChI is InChI=1S/C16H25N3/c1-12(2)19(11-13-3-4-13)16-7-8-17-15(9-16)10-18-14-5-6-14/h7-9,12-14,18H,3-6,10-11H2,1-2H3. The van der Waals surface area contributed by atoms with Crippen LogP contribution in [0.4, 0.5) is 5.69 Å². The number of anilines is 1. The van der Waals surface area contributed by atoms with E-state index in [1.54, 1.807) is 0 Å². The molecule has 1 N–H and O–H groups in total. The van der Waals surface area contributed by atoms with Crippen LogP contribution in [0.25, 0.3) is 0 Å². The van der Waals surface area contributed by atoms with Crippen LogP contribution in [-0.4, -0.2) is 23.6 Å². The van der Waals surface area contributed by atoms with Crippen molar-refractivity contribution in [1.82, 2.24) is 10.3 Å². The molecule has 2 saturated carbocycles. The van der Waals surface area contributed by atoms with E-state index in [-0.39, 0.29) is 0 Å². The predicted molar refractivity (Wildman–Crippen MR) is 79.3 cm³/mol. The van der Waals surface area contributed by atoms with Crippen LogP contribution in [-0.2, 0) is 6.54 Å². The average molecular weight is 259 g/mol. The third-order valence-electron chi connectivity index (χ3n) is 4.06. The second-order valence-electron chi connectivity index (χ2n) is 6.35. The molecule has 0 saturated heterocycles. The molecule has 0 aliphatic heterocycles. The quantitative estimate of drug-likeness (QED) is 0.816. The molecular weight excluding hydrogens is 234 g/mol. The average Bonchev–Trinajstić information content (AvgIpc) is 3.27. The molecule has 2 aliphatic carbocycles. The van der Waals surface area contributed by atoms with Gasteiger partial charge in [-0.1, -0.05) is 0 Å². The van der Waals surface area contributed by atoms with Crippen LogP contribution < -0.4 is 10.2 Å². The van der Waals surface area contributed by atoms with Gasteiger partial charge < -0.3 is 10.2 Å². The topological polar surface area (TPSA) is 28.2 Å². The first-order valence-corrected chi connectivity index (χ1v) is 7.67. The maximum absolute atomic E-state index is 4.49. The first-order chi connectivity index (χ1) is 9.22. The van der Waals surface area contributed by atoms with Crippen molar-refractivity contribution in [3.8, 4) is 0 Å². The summed E-state index contributed by atoms with van der Waals surface area (Å²) in [5.41, 5.74) is 2.51. The van der Waals surface area contributed by atoms with E-state index in [1.807, 2.05) is 6.20 Å². The third-order valence-corrected chi connectivity index (χ3v) is 4.06. The van der Waals surface area contributed by atoms with E-state index in [1.165, 1.54) is 43.6 Å². The molecule has 3 nitrogen and oxygen atoms in total. The van der Waals surface area contributed by atoms with Crippen LogP contribution in [0.1, 0.15) is 45.2 Å². The van der Waals surface area contributed by atoms with Gasteiger partial charge in [-0.05, 0) is 57.6 Å². The highest BCUT2D eigenvalue weighted by atomic mass is 15.2. The zero-order valence-corrected chi connectivity index (χ0v) is 12.1. The Bertz CT molecular complexity index is 422. The Kier molecular flexibility index (Phi) is 3.74. The molecule has 0 atom stereocenters. The van der Waals surface area contributed by atoms with Crippen molar-refractivity contribution < 1.29 is 0 Å². The minimum atomic E-state index is 0.562. The van der Waals surface area contributed by atoms with Crippen molar-refractivity contribution >= 4 is 5.69 Å². The van der Waals surface area contributed by atoms with Gasteiger partial charge in [-0.2, -0.15) is 0 Å². The highest BCUT2D eigenvalue weighted by molar-refractivity contribution is 5.47. The first-order valence-electron chi connectivity index (χ1n) is 7.67. The van der Waals surface area contributed by atoms with Gasteiger partial charge in [0.2, 0.25) is 0 Å². The first kappa shape index (κ1) is 12.9. The monoisotopic (exact) mass is 259 g/mol. The van der Waals surface area contributed by atoms with Crippen LogP contribution in [0.3, 0.4) is 0 Å². The Balaban J connectivity index is 1.67. The van der Waals surface area contributed by atoms with Gasteiger partial charge in [0.15, 0.2) is 0 Å². The molecule has 0 aromatic carbocycles. The minimum Gasteiger partial charge on any atom is -0.369 e. The maximum atomic E-state index is 4.49. The molecule has 2 fully saturated rings. The zero-order valence-electron chi connectivity index (χ0n) is 12.1. The molecule has 0 spiro atoms. The van der Waals surface area contributed by atoms with Crippen molar-refractivity contribution in [1.29, 1.82) is 0 Å². The van der Waals surface area contributed by atoms with Crippen LogP contribution in [0.2, 0.25) is 0 Å². The normalized spacial score (nSPS) is 18.9. The molecule has 3 rings (SSSR count). The van der Waals surface area contributed by atoms with Crippen molar-refractivity contribution in [2.45, 2.75) is 58.2 Å². The summed E-state index contributed by atoms with van der Waals surface area (Å²) in [4.78, 5) is 7.01. The van der Waals surface area contributed by atoms with Gasteiger partial charge in [0.1, 0.15) is 0 Å². The van der Waals surface area contributed by atoms with Crippen molar-refractivity contribution in [2.75, 3.05) is 11.4 Å². The summed E-state index contributed by atoms with van der Waals surface area (Å²) in [5, 5.41) is 3.54. The number of nitrogens with zero attached hydrogens (tertiary/aromatic N) is 2. The summed E-state index contributed by atoms with van der Waals surface area (Å²) >= 11 is 0. The van der Waals surface area contributed by atoms with Crippen molar-refractivity contribution in [2.24, 2.45) is 5.92 Å². The van der Waals surface area contributed by atoms with E-state index in [0.29, 0.717) is 6.04 Å². The Hall–Kier alpha value is -1.09. The summed E-state index contributed by atoms with van der Waals surface area (Å²) in [6.45, 7) is 6.68. The van der Waals surface area contributed by atoms with Gasteiger partial charge in [0.05, 0.1) is 5.69 Å². The van der Waals surface area contributed by atoms with Gasteiger partial charge in [0, 0.05) is 37.1 Å². The molecule has 1 heterocycles. The maximum Gasteiger partial charge on any atom is 0.0562 e. The van der Waals surface area contributed by atoms with E-state index >= 15 is 0 Å². The van der Waals surface area contributed by atoms with Crippen LogP contribution in [0.5, 0.6) is 0 Å². The molecule has 1 aromatic heterocycles. The minimum absolute atomic E-state index is 0.562. The molecular formula is C16H25N3. The largest absolute Gasteiger partial charge is 0.369 e. The summed E-state index contributed by atoms with van der Waals surface area (Å²) in [5.74, 6) is 0.920. The van der Waals surface area contributed by atoms with E-state index in [4.69, 9.17) is 0 Å². The van der Waals surface area contributed by atoms with Gasteiger partial charge >= 0.3 is 0 Å². The number of hydrogen-bond donors (Lipinski definition) is 1. The molecule has 104 valence electrons. The lowest BCUT2D eigenvalue weighted by Crippen LogP contribution is -2.33. The number of pyridine rings is 1. The summed E-state index contributed by atoms with van der Waals surface area (Å²) in [6, 6.07) is 5.73. The fourth-order valence-electron chi connectivity index (χ4n) is 2.47. The molecule has 2 aliphatic rings. The van der Waals surface area contributed by atoms with Crippen molar-refractivity contribution in [3.05, 3.63) is 24.0 Å². The summed E-state index contributed by atoms with van der Waals surface area (Å²) in [6.07, 6.45) is 7.44. The lowest BCUT2D eigenvalue weighted by molar-refractivity contribution is 0.640. The van der Waals surface area contributed by atoms with Gasteiger partial charge in [-0.3, -0.25) is 4.98 Å². The lowest BCUT2D eigenvalue weighted by atomic mass is 10.2. The highest BCUT2D eigenvalue weighted by Crippen LogP contribution is 2.32. The molecule has 0 amide bonds. The molecule has 19 heavy (non-hydrogen) atoms. The SMILES string of the molecule is CC(C)N(CC1CC1)c1ccnc(CNC2CC2)c1. The van der Waals surface area contributed by atoms with E-state index in [0.717, 1.165) is 18.5 Å². The highest BCUT2D eigenvalue weighted by Gasteiger charge is 2.26.